The fraction of sp³-hybridized carbons (Fsp3) is 0.125. The molecular weight excluding hydrogens is 365 g/mol. The minimum atomic E-state index is -0.436. The van der Waals surface area contributed by atoms with Gasteiger partial charge in [0, 0.05) is 17.2 Å². The molecule has 1 aromatic carbocycles. The minimum absolute atomic E-state index is 0.172. The summed E-state index contributed by atoms with van der Waals surface area (Å²) < 4.78 is 4.99. The first-order valence-electron chi connectivity index (χ1n) is 7.23. The number of aryl methyl sites for hydroxylation is 2. The van der Waals surface area contributed by atoms with Gasteiger partial charge in [-0.2, -0.15) is 0 Å². The normalized spacial score (nSPS) is 10.6. The van der Waals surface area contributed by atoms with E-state index in [1.807, 2.05) is 0 Å². The number of amides is 1. The highest BCUT2D eigenvalue weighted by Crippen LogP contribution is 2.26. The molecule has 3 aromatic rings. The van der Waals surface area contributed by atoms with Crippen molar-refractivity contribution in [3.63, 3.8) is 0 Å². The lowest BCUT2D eigenvalue weighted by molar-refractivity contribution is 0.102. The monoisotopic (exact) mass is 377 g/mol. The zero-order valence-corrected chi connectivity index (χ0v) is 14.8. The topological polar surface area (TPSA) is 92.9 Å². The summed E-state index contributed by atoms with van der Waals surface area (Å²) >= 11 is 12.0. The van der Waals surface area contributed by atoms with Crippen LogP contribution in [0.25, 0.3) is 0 Å². The number of carbonyl (C=O) groups is 1. The number of halogens is 2. The van der Waals surface area contributed by atoms with Gasteiger partial charge in [-0.15, -0.1) is 0 Å². The molecule has 0 aliphatic heterocycles. The third-order valence-electron chi connectivity index (χ3n) is 3.13. The van der Waals surface area contributed by atoms with Crippen molar-refractivity contribution in [3.8, 4) is 0 Å². The van der Waals surface area contributed by atoms with E-state index in [1.54, 1.807) is 38.1 Å². The van der Waals surface area contributed by atoms with Crippen LogP contribution < -0.4 is 10.6 Å². The average Bonchev–Trinajstić information content (AvgIpc) is 2.95. The van der Waals surface area contributed by atoms with Crippen molar-refractivity contribution < 1.29 is 9.32 Å². The molecule has 0 aliphatic rings. The second kappa shape index (κ2) is 7.08. The smallest absolute Gasteiger partial charge is 0.274 e. The minimum Gasteiger partial charge on any atom is -0.360 e. The lowest BCUT2D eigenvalue weighted by Crippen LogP contribution is -2.15. The zero-order valence-electron chi connectivity index (χ0n) is 13.3. The molecule has 0 aliphatic carbocycles. The van der Waals surface area contributed by atoms with E-state index in [9.17, 15) is 4.79 Å². The van der Waals surface area contributed by atoms with Crippen molar-refractivity contribution in [1.82, 2.24) is 15.1 Å². The summed E-state index contributed by atoms with van der Waals surface area (Å²) in [6, 6.07) is 8.02. The lowest BCUT2D eigenvalue weighted by atomic mass is 10.3. The van der Waals surface area contributed by atoms with Gasteiger partial charge in [-0.1, -0.05) is 28.4 Å². The van der Waals surface area contributed by atoms with Crippen LogP contribution in [-0.2, 0) is 0 Å². The summed E-state index contributed by atoms with van der Waals surface area (Å²) in [6.07, 6.45) is 0. The Morgan fingerprint density at radius 3 is 2.60 bits per heavy atom. The first-order chi connectivity index (χ1) is 11.9. The van der Waals surface area contributed by atoms with E-state index in [0.29, 0.717) is 39.0 Å². The molecule has 0 saturated carbocycles. The summed E-state index contributed by atoms with van der Waals surface area (Å²) in [5, 5.41) is 10.3. The van der Waals surface area contributed by atoms with Gasteiger partial charge in [0.25, 0.3) is 5.91 Å². The molecule has 0 atom stereocenters. The van der Waals surface area contributed by atoms with Crippen LogP contribution in [-0.4, -0.2) is 21.0 Å². The Kier molecular flexibility index (Phi) is 4.87. The fourth-order valence-corrected chi connectivity index (χ4v) is 2.42. The third-order valence-corrected chi connectivity index (χ3v) is 3.70. The Morgan fingerprint density at radius 1 is 1.08 bits per heavy atom. The van der Waals surface area contributed by atoms with Crippen molar-refractivity contribution in [2.75, 3.05) is 10.6 Å². The maximum atomic E-state index is 12.5. The molecule has 2 heterocycles. The van der Waals surface area contributed by atoms with Crippen LogP contribution in [0.2, 0.25) is 10.0 Å². The van der Waals surface area contributed by atoms with Gasteiger partial charge in [0.05, 0.1) is 10.7 Å². The van der Waals surface area contributed by atoms with Crippen molar-refractivity contribution >= 4 is 46.4 Å². The SMILES string of the molecule is Cc1nc(Nc2cc(C)on2)cc(C(=O)Nc2cc(Cl)ccc2Cl)n1. The van der Waals surface area contributed by atoms with Gasteiger partial charge < -0.3 is 15.2 Å². The Hall–Kier alpha value is -2.64. The summed E-state index contributed by atoms with van der Waals surface area (Å²) in [5.74, 6) is 1.55. The van der Waals surface area contributed by atoms with E-state index in [1.165, 1.54) is 6.07 Å². The Morgan fingerprint density at radius 2 is 1.88 bits per heavy atom. The molecule has 9 heteroatoms. The van der Waals surface area contributed by atoms with Gasteiger partial charge in [0.1, 0.15) is 23.1 Å². The molecule has 0 radical (unpaired) electrons. The molecule has 0 spiro atoms. The number of nitrogens with zero attached hydrogens (tertiary/aromatic N) is 3. The molecule has 3 rings (SSSR count). The first kappa shape index (κ1) is 17.2. The maximum Gasteiger partial charge on any atom is 0.274 e. The quantitative estimate of drug-likeness (QED) is 0.700. The third kappa shape index (κ3) is 4.26. The van der Waals surface area contributed by atoms with Crippen LogP contribution in [0.4, 0.5) is 17.3 Å². The summed E-state index contributed by atoms with van der Waals surface area (Å²) in [5.41, 5.74) is 0.573. The second-order valence-corrected chi connectivity index (χ2v) is 6.06. The summed E-state index contributed by atoms with van der Waals surface area (Å²) in [7, 11) is 0. The van der Waals surface area contributed by atoms with E-state index in [2.05, 4.69) is 25.8 Å². The van der Waals surface area contributed by atoms with Crippen molar-refractivity contribution in [1.29, 1.82) is 0 Å². The number of carbonyl (C=O) groups excluding carboxylic acids is 1. The molecule has 1 amide bonds. The van der Waals surface area contributed by atoms with Crippen LogP contribution in [0.15, 0.2) is 34.9 Å². The molecule has 128 valence electrons. The fourth-order valence-electron chi connectivity index (χ4n) is 2.08. The number of rotatable bonds is 4. The maximum absolute atomic E-state index is 12.5. The Balaban J connectivity index is 1.83. The Labute approximate surface area is 153 Å². The summed E-state index contributed by atoms with van der Waals surface area (Å²) in [6.45, 7) is 3.46. The van der Waals surface area contributed by atoms with Crippen molar-refractivity contribution in [3.05, 3.63) is 57.7 Å². The predicted octanol–water partition coefficient (Wildman–Crippen LogP) is 4.38. The zero-order chi connectivity index (χ0) is 18.0. The highest BCUT2D eigenvalue weighted by Gasteiger charge is 2.13. The van der Waals surface area contributed by atoms with E-state index in [-0.39, 0.29) is 5.69 Å². The van der Waals surface area contributed by atoms with Gasteiger partial charge in [0.15, 0.2) is 5.82 Å². The molecule has 7 nitrogen and oxygen atoms in total. The molecular formula is C16H13Cl2N5O2. The number of anilines is 3. The molecule has 2 N–H and O–H groups in total. The second-order valence-electron chi connectivity index (χ2n) is 5.21. The van der Waals surface area contributed by atoms with Crippen LogP contribution in [0, 0.1) is 13.8 Å². The molecule has 25 heavy (non-hydrogen) atoms. The predicted molar refractivity (Wildman–Crippen MR) is 95.7 cm³/mol. The highest BCUT2D eigenvalue weighted by molar-refractivity contribution is 6.35. The number of hydrogen-bond donors (Lipinski definition) is 2. The van der Waals surface area contributed by atoms with E-state index in [0.717, 1.165) is 0 Å². The number of hydrogen-bond acceptors (Lipinski definition) is 6. The molecule has 0 fully saturated rings. The van der Waals surface area contributed by atoms with Crippen molar-refractivity contribution in [2.45, 2.75) is 13.8 Å². The van der Waals surface area contributed by atoms with Crippen LogP contribution in [0.1, 0.15) is 22.1 Å². The van der Waals surface area contributed by atoms with Crippen LogP contribution >= 0.6 is 23.2 Å². The van der Waals surface area contributed by atoms with Gasteiger partial charge in [-0.05, 0) is 32.0 Å². The van der Waals surface area contributed by atoms with Crippen molar-refractivity contribution in [2.24, 2.45) is 0 Å². The molecule has 2 aromatic heterocycles. The number of benzene rings is 1. The van der Waals surface area contributed by atoms with Gasteiger partial charge in [0.2, 0.25) is 0 Å². The van der Waals surface area contributed by atoms with Gasteiger partial charge >= 0.3 is 0 Å². The highest BCUT2D eigenvalue weighted by atomic mass is 35.5. The van der Waals surface area contributed by atoms with Crippen LogP contribution in [0.3, 0.4) is 0 Å². The van der Waals surface area contributed by atoms with Gasteiger partial charge in [-0.3, -0.25) is 4.79 Å². The van der Waals surface area contributed by atoms with Gasteiger partial charge in [-0.25, -0.2) is 9.97 Å². The van der Waals surface area contributed by atoms with E-state index < -0.39 is 5.91 Å². The van der Waals surface area contributed by atoms with E-state index in [4.69, 9.17) is 27.7 Å². The first-order valence-corrected chi connectivity index (χ1v) is 7.99. The average molecular weight is 378 g/mol. The number of nitrogens with one attached hydrogen (secondary N) is 2. The lowest BCUT2D eigenvalue weighted by Gasteiger charge is -2.09. The molecule has 0 unspecified atom stereocenters. The standard InChI is InChI=1S/C16H13Cl2N5O2/c1-8-5-15(23-25-8)22-14-7-13(19-9(2)20-14)16(24)21-12-6-10(17)3-4-11(12)18/h3-7H,1-2H3,(H,21,24)(H,19,20,22,23). The molecule has 0 saturated heterocycles. The van der Waals surface area contributed by atoms with E-state index >= 15 is 0 Å². The molecule has 0 bridgehead atoms. The number of aromatic nitrogens is 3. The van der Waals surface area contributed by atoms with Crippen LogP contribution in [0.5, 0.6) is 0 Å². The largest absolute Gasteiger partial charge is 0.360 e. The Bertz CT molecular complexity index is 942. The summed E-state index contributed by atoms with van der Waals surface area (Å²) in [4.78, 5) is 20.8.